The fraction of sp³-hybridized carbons (Fsp3) is 0.571. The van der Waals surface area contributed by atoms with Gasteiger partial charge in [0.05, 0.1) is 6.61 Å². The van der Waals surface area contributed by atoms with Gasteiger partial charge in [0.15, 0.2) is 11.6 Å². The lowest BCUT2D eigenvalue weighted by atomic mass is 9.83. The van der Waals surface area contributed by atoms with Crippen LogP contribution in [-0.4, -0.2) is 25.6 Å². The van der Waals surface area contributed by atoms with Crippen LogP contribution in [0.1, 0.15) is 18.4 Å². The van der Waals surface area contributed by atoms with Crippen LogP contribution in [0.5, 0.6) is 5.75 Å². The summed E-state index contributed by atoms with van der Waals surface area (Å²) in [6, 6.07) is 4.92. The van der Waals surface area contributed by atoms with Crippen LogP contribution in [0.15, 0.2) is 18.2 Å². The molecule has 1 aliphatic rings. The Morgan fingerprint density at radius 2 is 2.11 bits per heavy atom. The van der Waals surface area contributed by atoms with E-state index in [1.165, 1.54) is 6.07 Å². The molecule has 18 heavy (non-hydrogen) atoms. The van der Waals surface area contributed by atoms with Gasteiger partial charge in [-0.3, -0.25) is 0 Å². The third-order valence-electron chi connectivity index (χ3n) is 3.51. The van der Waals surface area contributed by atoms with Crippen molar-refractivity contribution in [2.75, 3.05) is 25.6 Å². The van der Waals surface area contributed by atoms with Crippen LogP contribution in [0, 0.1) is 18.2 Å². The Morgan fingerprint density at radius 3 is 2.78 bits per heavy atom. The van der Waals surface area contributed by atoms with E-state index in [1.807, 2.05) is 6.92 Å². The Kier molecular flexibility index (Phi) is 4.51. The van der Waals surface area contributed by atoms with Crippen LogP contribution in [0.3, 0.4) is 0 Å². The molecule has 2 rings (SSSR count). The number of aryl methyl sites for hydroxylation is 1. The minimum Gasteiger partial charge on any atom is -0.490 e. The van der Waals surface area contributed by atoms with Gasteiger partial charge in [0.2, 0.25) is 0 Å². The maximum Gasteiger partial charge on any atom is 0.165 e. The molecule has 1 heterocycles. The minimum atomic E-state index is -0.304. The molecular weight excluding hydrogens is 251 g/mol. The standard InChI is InChI=1S/C14H19FO2S/c1-11-2-3-12(15)13(8-11)17-9-14(10-18)4-6-16-7-5-14/h2-3,8,18H,4-7,9-10H2,1H3. The summed E-state index contributed by atoms with van der Waals surface area (Å²) in [7, 11) is 0. The zero-order valence-corrected chi connectivity index (χ0v) is 11.5. The van der Waals surface area contributed by atoms with Crippen molar-refractivity contribution in [3.05, 3.63) is 29.6 Å². The topological polar surface area (TPSA) is 18.5 Å². The van der Waals surface area contributed by atoms with E-state index in [0.717, 1.165) is 37.4 Å². The second-order valence-electron chi connectivity index (χ2n) is 4.99. The van der Waals surface area contributed by atoms with Crippen LogP contribution >= 0.6 is 12.6 Å². The highest BCUT2D eigenvalue weighted by Gasteiger charge is 2.32. The molecule has 1 fully saturated rings. The van der Waals surface area contributed by atoms with Gasteiger partial charge in [-0.1, -0.05) is 6.07 Å². The highest BCUT2D eigenvalue weighted by Crippen LogP contribution is 2.33. The summed E-state index contributed by atoms with van der Waals surface area (Å²) in [4.78, 5) is 0. The molecule has 1 aromatic carbocycles. The van der Waals surface area contributed by atoms with Crippen molar-refractivity contribution in [1.29, 1.82) is 0 Å². The number of halogens is 1. The van der Waals surface area contributed by atoms with E-state index in [-0.39, 0.29) is 11.2 Å². The summed E-state index contributed by atoms with van der Waals surface area (Å²) in [6.45, 7) is 3.90. The molecule has 1 aromatic rings. The van der Waals surface area contributed by atoms with Crippen LogP contribution in [0.25, 0.3) is 0 Å². The summed E-state index contributed by atoms with van der Waals surface area (Å²) < 4.78 is 24.6. The Morgan fingerprint density at radius 1 is 1.39 bits per heavy atom. The average molecular weight is 270 g/mol. The predicted molar refractivity (Wildman–Crippen MR) is 73.0 cm³/mol. The molecule has 4 heteroatoms. The summed E-state index contributed by atoms with van der Waals surface area (Å²) in [6.07, 6.45) is 1.84. The van der Waals surface area contributed by atoms with E-state index in [4.69, 9.17) is 9.47 Å². The maximum atomic E-state index is 13.6. The van der Waals surface area contributed by atoms with Gasteiger partial charge < -0.3 is 9.47 Å². The van der Waals surface area contributed by atoms with Crippen molar-refractivity contribution in [3.63, 3.8) is 0 Å². The van der Waals surface area contributed by atoms with E-state index in [0.29, 0.717) is 12.4 Å². The predicted octanol–water partition coefficient (Wildman–Crippen LogP) is 3.24. The molecule has 100 valence electrons. The highest BCUT2D eigenvalue weighted by atomic mass is 32.1. The van der Waals surface area contributed by atoms with Crippen molar-refractivity contribution in [2.45, 2.75) is 19.8 Å². The Balaban J connectivity index is 2.03. The smallest absolute Gasteiger partial charge is 0.165 e. The van der Waals surface area contributed by atoms with Crippen LogP contribution in [0.4, 0.5) is 4.39 Å². The lowest BCUT2D eigenvalue weighted by Crippen LogP contribution is -2.37. The second-order valence-corrected chi connectivity index (χ2v) is 5.31. The number of ether oxygens (including phenoxy) is 2. The molecule has 1 aliphatic heterocycles. The van der Waals surface area contributed by atoms with E-state index in [2.05, 4.69) is 12.6 Å². The van der Waals surface area contributed by atoms with Gasteiger partial charge in [-0.05, 0) is 43.2 Å². The molecule has 0 radical (unpaired) electrons. The minimum absolute atomic E-state index is 0.0115. The number of rotatable bonds is 4. The molecule has 0 bridgehead atoms. The normalized spacial score (nSPS) is 18.6. The highest BCUT2D eigenvalue weighted by molar-refractivity contribution is 7.80. The Bertz CT molecular complexity index is 403. The number of thiol groups is 1. The van der Waals surface area contributed by atoms with E-state index < -0.39 is 0 Å². The van der Waals surface area contributed by atoms with Gasteiger partial charge in [0.1, 0.15) is 0 Å². The first-order chi connectivity index (χ1) is 8.65. The third-order valence-corrected chi connectivity index (χ3v) is 4.18. The molecular formula is C14H19FO2S. The number of hydrogen-bond donors (Lipinski definition) is 1. The van der Waals surface area contributed by atoms with Crippen molar-refractivity contribution < 1.29 is 13.9 Å². The summed E-state index contributed by atoms with van der Waals surface area (Å²) in [5, 5.41) is 0. The van der Waals surface area contributed by atoms with Gasteiger partial charge in [-0.2, -0.15) is 12.6 Å². The quantitative estimate of drug-likeness (QED) is 0.847. The monoisotopic (exact) mass is 270 g/mol. The zero-order valence-electron chi connectivity index (χ0n) is 10.6. The molecule has 0 aliphatic carbocycles. The Hall–Kier alpha value is -0.740. The molecule has 0 saturated carbocycles. The van der Waals surface area contributed by atoms with Crippen LogP contribution in [0.2, 0.25) is 0 Å². The molecule has 0 unspecified atom stereocenters. The maximum absolute atomic E-state index is 13.6. The zero-order chi connectivity index (χ0) is 13.0. The van der Waals surface area contributed by atoms with Gasteiger partial charge in [0, 0.05) is 18.6 Å². The van der Waals surface area contributed by atoms with Crippen molar-refractivity contribution in [2.24, 2.45) is 5.41 Å². The van der Waals surface area contributed by atoms with Crippen LogP contribution < -0.4 is 4.74 Å². The van der Waals surface area contributed by atoms with E-state index >= 15 is 0 Å². The summed E-state index contributed by atoms with van der Waals surface area (Å²) >= 11 is 4.41. The van der Waals surface area contributed by atoms with Gasteiger partial charge >= 0.3 is 0 Å². The lowest BCUT2D eigenvalue weighted by Gasteiger charge is -2.35. The summed E-state index contributed by atoms with van der Waals surface area (Å²) in [5.41, 5.74) is 1.01. The SMILES string of the molecule is Cc1ccc(F)c(OCC2(CS)CCOCC2)c1. The fourth-order valence-electron chi connectivity index (χ4n) is 2.10. The number of benzene rings is 1. The lowest BCUT2D eigenvalue weighted by molar-refractivity contribution is 0.00245. The Labute approximate surface area is 113 Å². The van der Waals surface area contributed by atoms with Gasteiger partial charge in [-0.15, -0.1) is 0 Å². The number of hydrogen-bond acceptors (Lipinski definition) is 3. The van der Waals surface area contributed by atoms with E-state index in [1.54, 1.807) is 12.1 Å². The van der Waals surface area contributed by atoms with Crippen molar-refractivity contribution in [3.8, 4) is 5.75 Å². The molecule has 0 amide bonds. The molecule has 0 spiro atoms. The fourth-order valence-corrected chi connectivity index (χ4v) is 2.51. The van der Waals surface area contributed by atoms with E-state index in [9.17, 15) is 4.39 Å². The molecule has 1 saturated heterocycles. The first-order valence-corrected chi connectivity index (χ1v) is 6.86. The van der Waals surface area contributed by atoms with Crippen molar-refractivity contribution >= 4 is 12.6 Å². The molecule has 0 N–H and O–H groups in total. The van der Waals surface area contributed by atoms with Gasteiger partial charge in [0.25, 0.3) is 0 Å². The average Bonchev–Trinajstić information content (AvgIpc) is 2.41. The van der Waals surface area contributed by atoms with Crippen LogP contribution in [-0.2, 0) is 4.74 Å². The largest absolute Gasteiger partial charge is 0.490 e. The second kappa shape index (κ2) is 5.93. The molecule has 0 aromatic heterocycles. The summed E-state index contributed by atoms with van der Waals surface area (Å²) in [5.74, 6) is 0.772. The van der Waals surface area contributed by atoms with Crippen molar-refractivity contribution in [1.82, 2.24) is 0 Å². The molecule has 0 atom stereocenters. The first-order valence-electron chi connectivity index (χ1n) is 6.23. The first kappa shape index (κ1) is 13.7. The van der Waals surface area contributed by atoms with Gasteiger partial charge in [-0.25, -0.2) is 4.39 Å². The third kappa shape index (κ3) is 3.18. The molecule has 2 nitrogen and oxygen atoms in total.